The van der Waals surface area contributed by atoms with Crippen molar-refractivity contribution in [1.29, 1.82) is 0 Å². The van der Waals surface area contributed by atoms with Crippen LogP contribution in [0.15, 0.2) is 54.6 Å². The Morgan fingerprint density at radius 1 is 1.16 bits per heavy atom. The Labute approximate surface area is 149 Å². The summed E-state index contributed by atoms with van der Waals surface area (Å²) in [5.74, 6) is -1.17. The third-order valence-electron chi connectivity index (χ3n) is 4.52. The van der Waals surface area contributed by atoms with Gasteiger partial charge in [0.25, 0.3) is 0 Å². The molecule has 1 aliphatic heterocycles. The normalized spacial score (nSPS) is 25.5. The highest BCUT2D eigenvalue weighted by Gasteiger charge is 2.54. The molecule has 1 heterocycles. The second-order valence-corrected chi connectivity index (χ2v) is 6.35. The van der Waals surface area contributed by atoms with Gasteiger partial charge in [0.1, 0.15) is 12.1 Å². The molecule has 0 amide bonds. The lowest BCUT2D eigenvalue weighted by Gasteiger charge is -2.19. The molecule has 0 aliphatic carbocycles. The van der Waals surface area contributed by atoms with Crippen molar-refractivity contribution in [2.45, 2.75) is 24.0 Å². The molecule has 6 nitrogen and oxygen atoms in total. The van der Waals surface area contributed by atoms with Gasteiger partial charge in [-0.1, -0.05) is 54.1 Å². The van der Waals surface area contributed by atoms with Crippen LogP contribution >= 0.6 is 11.6 Å². The summed E-state index contributed by atoms with van der Waals surface area (Å²) < 4.78 is 4.87. The fourth-order valence-electron chi connectivity index (χ4n) is 3.45. The molecule has 0 aromatic heterocycles. The Bertz CT molecular complexity index is 784. The summed E-state index contributed by atoms with van der Waals surface area (Å²) in [6, 6.07) is 13.4. The van der Waals surface area contributed by atoms with Gasteiger partial charge >= 0.3 is 5.97 Å². The number of hydrogen-bond donors (Lipinski definition) is 1. The van der Waals surface area contributed by atoms with E-state index < -0.39 is 30.0 Å². The van der Waals surface area contributed by atoms with Crippen LogP contribution < -0.4 is 5.32 Å². The van der Waals surface area contributed by atoms with Gasteiger partial charge in [0.05, 0.1) is 13.0 Å². The Balaban J connectivity index is 2.09. The van der Waals surface area contributed by atoms with E-state index in [0.717, 1.165) is 5.56 Å². The highest BCUT2D eigenvalue weighted by Crippen LogP contribution is 2.40. The first-order chi connectivity index (χ1) is 12.0. The molecule has 2 aromatic rings. The molecule has 25 heavy (non-hydrogen) atoms. The van der Waals surface area contributed by atoms with Crippen molar-refractivity contribution in [1.82, 2.24) is 5.32 Å². The topological polar surface area (TPSA) is 81.5 Å². The van der Waals surface area contributed by atoms with Gasteiger partial charge in [-0.3, -0.25) is 20.2 Å². The van der Waals surface area contributed by atoms with E-state index >= 15 is 0 Å². The van der Waals surface area contributed by atoms with Crippen molar-refractivity contribution in [3.63, 3.8) is 0 Å². The zero-order chi connectivity index (χ0) is 18.0. The number of benzene rings is 2. The number of methoxy groups -OCH3 is 1. The van der Waals surface area contributed by atoms with E-state index in [4.69, 9.17) is 16.3 Å². The predicted octanol–water partition coefficient (Wildman–Crippen LogP) is 2.96. The zero-order valence-electron chi connectivity index (χ0n) is 13.5. The number of nitrogens with zero attached hydrogens (tertiary/aromatic N) is 1. The van der Waals surface area contributed by atoms with Crippen molar-refractivity contribution in [2.24, 2.45) is 0 Å². The van der Waals surface area contributed by atoms with E-state index in [-0.39, 0.29) is 4.92 Å². The van der Waals surface area contributed by atoms with Gasteiger partial charge in [0.2, 0.25) is 6.04 Å². The molecule has 3 rings (SSSR count). The molecule has 1 N–H and O–H groups in total. The SMILES string of the molecule is COC(=O)[C@@H]1N[C@H](c2cccc(Cl)c2)[C@H]([N+](=O)[O-])[C@H]1c1ccccc1. The molecule has 0 spiro atoms. The van der Waals surface area contributed by atoms with Gasteiger partial charge < -0.3 is 4.74 Å². The lowest BCUT2D eigenvalue weighted by Crippen LogP contribution is -2.37. The molecule has 130 valence electrons. The fraction of sp³-hybridized carbons (Fsp3) is 0.278. The molecular formula is C18H17ClN2O4. The maximum absolute atomic E-state index is 12.3. The van der Waals surface area contributed by atoms with E-state index in [1.807, 2.05) is 6.07 Å². The first-order valence-corrected chi connectivity index (χ1v) is 8.18. The number of ether oxygens (including phenoxy) is 1. The minimum atomic E-state index is -1.02. The molecule has 1 aliphatic rings. The number of nitrogens with one attached hydrogen (secondary N) is 1. The molecule has 0 radical (unpaired) electrons. The van der Waals surface area contributed by atoms with Crippen LogP contribution in [0.5, 0.6) is 0 Å². The standard InChI is InChI=1S/C18H17ClN2O4/c1-25-18(22)16-14(11-6-3-2-4-7-11)17(21(23)24)15(20-16)12-8-5-9-13(19)10-12/h2-10,14-17,20H,1H3/t14-,15+,16+,17+/m0/s1. The van der Waals surface area contributed by atoms with Crippen molar-refractivity contribution in [2.75, 3.05) is 7.11 Å². The maximum Gasteiger partial charge on any atom is 0.323 e. The van der Waals surface area contributed by atoms with Crippen molar-refractivity contribution < 1.29 is 14.5 Å². The lowest BCUT2D eigenvalue weighted by atomic mass is 9.85. The molecule has 1 saturated heterocycles. The van der Waals surface area contributed by atoms with E-state index in [9.17, 15) is 14.9 Å². The van der Waals surface area contributed by atoms with Gasteiger partial charge in [-0.15, -0.1) is 0 Å². The Morgan fingerprint density at radius 3 is 2.44 bits per heavy atom. The predicted molar refractivity (Wildman–Crippen MR) is 93.1 cm³/mol. The first-order valence-electron chi connectivity index (χ1n) is 7.80. The van der Waals surface area contributed by atoms with Crippen molar-refractivity contribution in [3.8, 4) is 0 Å². The first kappa shape index (κ1) is 17.4. The Kier molecular flexibility index (Phi) is 5.01. The van der Waals surface area contributed by atoms with E-state index in [2.05, 4.69) is 5.32 Å². The van der Waals surface area contributed by atoms with E-state index in [0.29, 0.717) is 10.6 Å². The Morgan fingerprint density at radius 2 is 1.84 bits per heavy atom. The number of rotatable bonds is 4. The highest BCUT2D eigenvalue weighted by atomic mass is 35.5. The zero-order valence-corrected chi connectivity index (χ0v) is 14.2. The average Bonchev–Trinajstić information content (AvgIpc) is 3.02. The van der Waals surface area contributed by atoms with Crippen LogP contribution in [-0.4, -0.2) is 30.1 Å². The van der Waals surface area contributed by atoms with Crippen LogP contribution in [-0.2, 0) is 9.53 Å². The third-order valence-corrected chi connectivity index (χ3v) is 4.75. The minimum Gasteiger partial charge on any atom is -0.468 e. The molecule has 2 aromatic carbocycles. The summed E-state index contributed by atoms with van der Waals surface area (Å²) in [4.78, 5) is 23.8. The summed E-state index contributed by atoms with van der Waals surface area (Å²) in [6.45, 7) is 0. The molecule has 4 atom stereocenters. The number of hydrogen-bond acceptors (Lipinski definition) is 5. The molecular weight excluding hydrogens is 344 g/mol. The molecule has 0 bridgehead atoms. The van der Waals surface area contributed by atoms with Crippen LogP contribution in [0.2, 0.25) is 5.02 Å². The van der Waals surface area contributed by atoms with Crippen LogP contribution in [0.1, 0.15) is 23.1 Å². The molecule has 1 fully saturated rings. The van der Waals surface area contributed by atoms with Crippen LogP contribution in [0.25, 0.3) is 0 Å². The number of nitro groups is 1. The lowest BCUT2D eigenvalue weighted by molar-refractivity contribution is -0.527. The molecule has 7 heteroatoms. The van der Waals surface area contributed by atoms with Crippen LogP contribution in [0.4, 0.5) is 0 Å². The number of esters is 1. The number of carbonyl (C=O) groups excluding carboxylic acids is 1. The van der Waals surface area contributed by atoms with Gasteiger partial charge in [0, 0.05) is 9.95 Å². The van der Waals surface area contributed by atoms with Crippen molar-refractivity contribution in [3.05, 3.63) is 80.9 Å². The second kappa shape index (κ2) is 7.21. The summed E-state index contributed by atoms with van der Waals surface area (Å²) in [7, 11) is 1.28. The summed E-state index contributed by atoms with van der Waals surface area (Å²) in [6.07, 6.45) is 0. The number of carbonyl (C=O) groups is 1. The van der Waals surface area contributed by atoms with Gasteiger partial charge in [-0.05, 0) is 23.3 Å². The summed E-state index contributed by atoms with van der Waals surface area (Å²) in [5.41, 5.74) is 1.39. The number of halogens is 1. The summed E-state index contributed by atoms with van der Waals surface area (Å²) in [5, 5.41) is 15.5. The fourth-order valence-corrected chi connectivity index (χ4v) is 3.65. The Hall–Kier alpha value is -2.44. The van der Waals surface area contributed by atoms with Gasteiger partial charge in [-0.2, -0.15) is 0 Å². The summed E-state index contributed by atoms with van der Waals surface area (Å²) >= 11 is 6.04. The second-order valence-electron chi connectivity index (χ2n) is 5.91. The minimum absolute atomic E-state index is 0.334. The average molecular weight is 361 g/mol. The van der Waals surface area contributed by atoms with Crippen LogP contribution in [0, 0.1) is 10.1 Å². The smallest absolute Gasteiger partial charge is 0.323 e. The van der Waals surface area contributed by atoms with Gasteiger partial charge in [0.15, 0.2) is 0 Å². The quantitative estimate of drug-likeness (QED) is 0.515. The molecule has 0 saturated carbocycles. The van der Waals surface area contributed by atoms with E-state index in [1.165, 1.54) is 7.11 Å². The monoisotopic (exact) mass is 360 g/mol. The largest absolute Gasteiger partial charge is 0.468 e. The highest BCUT2D eigenvalue weighted by molar-refractivity contribution is 6.30. The van der Waals surface area contributed by atoms with Crippen molar-refractivity contribution >= 4 is 17.6 Å². The van der Waals surface area contributed by atoms with Gasteiger partial charge in [-0.25, -0.2) is 0 Å². The molecule has 0 unspecified atom stereocenters. The third kappa shape index (κ3) is 3.36. The maximum atomic E-state index is 12.3. The van der Waals surface area contributed by atoms with Crippen LogP contribution in [0.3, 0.4) is 0 Å². The van der Waals surface area contributed by atoms with E-state index in [1.54, 1.807) is 48.5 Å².